The van der Waals surface area contributed by atoms with Crippen molar-refractivity contribution in [3.05, 3.63) is 65.5 Å². The molecule has 0 saturated carbocycles. The Hall–Kier alpha value is -2.44. The van der Waals surface area contributed by atoms with Crippen LogP contribution in [-0.2, 0) is 11.3 Å². The Labute approximate surface area is 183 Å². The molecule has 2 amide bonds. The highest BCUT2D eigenvalue weighted by molar-refractivity contribution is 6.04. The summed E-state index contributed by atoms with van der Waals surface area (Å²) in [6.07, 6.45) is 2.81. The van der Waals surface area contributed by atoms with Crippen molar-refractivity contribution in [3.8, 4) is 0 Å². The maximum atomic E-state index is 12.9. The zero-order chi connectivity index (χ0) is 20.6. The van der Waals surface area contributed by atoms with Gasteiger partial charge in [0.1, 0.15) is 5.82 Å². The van der Waals surface area contributed by atoms with Crippen molar-refractivity contribution in [2.45, 2.75) is 32.7 Å². The number of halogens is 2. The maximum absolute atomic E-state index is 12.9. The summed E-state index contributed by atoms with van der Waals surface area (Å²) in [4.78, 5) is 24.5. The van der Waals surface area contributed by atoms with Gasteiger partial charge in [-0.1, -0.05) is 19.1 Å². The van der Waals surface area contributed by atoms with Crippen LogP contribution in [0.25, 0.3) is 0 Å². The highest BCUT2D eigenvalue weighted by Crippen LogP contribution is 2.24. The topological polar surface area (TPSA) is 70.2 Å². The van der Waals surface area contributed by atoms with Crippen LogP contribution in [-0.4, -0.2) is 24.9 Å². The lowest BCUT2D eigenvalue weighted by Crippen LogP contribution is -2.33. The molecule has 3 rings (SSSR count). The lowest BCUT2D eigenvalue weighted by atomic mass is 9.84. The van der Waals surface area contributed by atoms with Gasteiger partial charge >= 0.3 is 0 Å². The van der Waals surface area contributed by atoms with Crippen molar-refractivity contribution in [2.24, 2.45) is 11.8 Å². The van der Waals surface area contributed by atoms with Crippen molar-refractivity contribution in [1.29, 1.82) is 0 Å². The van der Waals surface area contributed by atoms with E-state index >= 15 is 0 Å². The van der Waals surface area contributed by atoms with Crippen LogP contribution < -0.4 is 16.0 Å². The van der Waals surface area contributed by atoms with Crippen LogP contribution in [0.1, 0.15) is 42.1 Å². The average Bonchev–Trinajstić information content (AvgIpc) is 2.75. The minimum atomic E-state index is -0.348. The Balaban J connectivity index is 0.00000320. The van der Waals surface area contributed by atoms with Crippen molar-refractivity contribution >= 4 is 29.9 Å². The number of benzene rings is 2. The third-order valence-corrected chi connectivity index (χ3v) is 5.50. The third kappa shape index (κ3) is 7.11. The van der Waals surface area contributed by atoms with Crippen LogP contribution in [0.3, 0.4) is 0 Å². The second kappa shape index (κ2) is 11.7. The number of carbonyl (C=O) groups excluding carboxylic acids is 2. The van der Waals surface area contributed by atoms with E-state index in [1.807, 2.05) is 12.1 Å². The first-order valence-electron chi connectivity index (χ1n) is 10.1. The monoisotopic (exact) mass is 433 g/mol. The zero-order valence-electron chi connectivity index (χ0n) is 17.1. The second-order valence-corrected chi connectivity index (χ2v) is 7.70. The van der Waals surface area contributed by atoms with E-state index in [0.29, 0.717) is 36.1 Å². The summed E-state index contributed by atoms with van der Waals surface area (Å²) in [5.74, 6) is 0.451. The van der Waals surface area contributed by atoms with Crippen molar-refractivity contribution in [1.82, 2.24) is 10.6 Å². The molecule has 1 unspecified atom stereocenters. The fourth-order valence-corrected chi connectivity index (χ4v) is 3.66. The molecule has 1 fully saturated rings. The molecule has 2 aromatic carbocycles. The average molecular weight is 434 g/mol. The predicted octanol–water partition coefficient (Wildman–Crippen LogP) is 4.14. The largest absolute Gasteiger partial charge is 0.352 e. The zero-order valence-corrected chi connectivity index (χ0v) is 17.9. The molecule has 0 bridgehead atoms. The van der Waals surface area contributed by atoms with Gasteiger partial charge in [-0.2, -0.15) is 0 Å². The molecule has 1 aliphatic heterocycles. The molecule has 0 radical (unpaired) electrons. The summed E-state index contributed by atoms with van der Waals surface area (Å²) in [5.41, 5.74) is 1.98. The molecule has 30 heavy (non-hydrogen) atoms. The fraction of sp³-hybridized carbons (Fsp3) is 0.391. The smallest absolute Gasteiger partial charge is 0.255 e. The molecule has 3 N–H and O–H groups in total. The van der Waals surface area contributed by atoms with Crippen LogP contribution in [0.5, 0.6) is 0 Å². The quantitative estimate of drug-likeness (QED) is 0.614. The first-order valence-corrected chi connectivity index (χ1v) is 10.1. The Bertz CT molecular complexity index is 821. The summed E-state index contributed by atoms with van der Waals surface area (Å²) in [7, 11) is 0. The molecule has 1 aliphatic rings. The van der Waals surface area contributed by atoms with Gasteiger partial charge in [-0.05, 0) is 79.7 Å². The van der Waals surface area contributed by atoms with Gasteiger partial charge in [0.05, 0.1) is 0 Å². The number of piperidine rings is 1. The van der Waals surface area contributed by atoms with Gasteiger partial charge in [0.25, 0.3) is 5.91 Å². The summed E-state index contributed by atoms with van der Waals surface area (Å²) < 4.78 is 12.9. The van der Waals surface area contributed by atoms with Gasteiger partial charge in [-0.15, -0.1) is 12.4 Å². The van der Waals surface area contributed by atoms with E-state index < -0.39 is 0 Å². The van der Waals surface area contributed by atoms with Crippen LogP contribution in [0.15, 0.2) is 48.5 Å². The van der Waals surface area contributed by atoms with Crippen molar-refractivity contribution in [3.63, 3.8) is 0 Å². The molecule has 0 spiro atoms. The van der Waals surface area contributed by atoms with Crippen molar-refractivity contribution < 1.29 is 14.0 Å². The molecule has 7 heteroatoms. The van der Waals surface area contributed by atoms with E-state index in [1.165, 1.54) is 24.3 Å². The second-order valence-electron chi connectivity index (χ2n) is 7.70. The standard InChI is InChI=1S/C23H28FN3O2.ClH/c1-16(18-10-12-25-13-11-18)14-22(28)26-15-17-2-4-19(5-3-17)23(29)27-21-8-6-20(24)7-9-21;/h2-9,16,18,25H,10-15H2,1H3,(H,26,28)(H,27,29);1H. The number of hydrogen-bond donors (Lipinski definition) is 3. The minimum absolute atomic E-state index is 0. The number of hydrogen-bond acceptors (Lipinski definition) is 3. The molecule has 1 saturated heterocycles. The van der Waals surface area contributed by atoms with Crippen LogP contribution in [0.4, 0.5) is 10.1 Å². The molecule has 2 aromatic rings. The van der Waals surface area contributed by atoms with Gasteiger partial charge in [0.15, 0.2) is 0 Å². The van der Waals surface area contributed by atoms with Gasteiger partial charge in [-0.3, -0.25) is 9.59 Å². The molecule has 0 aliphatic carbocycles. The lowest BCUT2D eigenvalue weighted by molar-refractivity contribution is -0.122. The van der Waals surface area contributed by atoms with Crippen LogP contribution in [0, 0.1) is 17.7 Å². The Morgan fingerprint density at radius 3 is 2.33 bits per heavy atom. The van der Waals surface area contributed by atoms with E-state index in [0.717, 1.165) is 31.5 Å². The normalized spacial score (nSPS) is 15.0. The van der Waals surface area contributed by atoms with Gasteiger partial charge in [-0.25, -0.2) is 4.39 Å². The van der Waals surface area contributed by atoms with Crippen molar-refractivity contribution in [2.75, 3.05) is 18.4 Å². The number of anilines is 1. The first-order chi connectivity index (χ1) is 14.0. The van der Waals surface area contributed by atoms with E-state index in [-0.39, 0.29) is 30.0 Å². The summed E-state index contributed by atoms with van der Waals surface area (Å²) >= 11 is 0. The molecule has 5 nitrogen and oxygen atoms in total. The molecule has 0 aromatic heterocycles. The number of rotatable bonds is 7. The lowest BCUT2D eigenvalue weighted by Gasteiger charge is -2.27. The Morgan fingerprint density at radius 1 is 1.07 bits per heavy atom. The highest BCUT2D eigenvalue weighted by atomic mass is 35.5. The summed E-state index contributed by atoms with van der Waals surface area (Å²) in [6, 6.07) is 12.7. The van der Waals surface area contributed by atoms with E-state index in [4.69, 9.17) is 0 Å². The Morgan fingerprint density at radius 2 is 1.70 bits per heavy atom. The molecule has 162 valence electrons. The third-order valence-electron chi connectivity index (χ3n) is 5.50. The van der Waals surface area contributed by atoms with Gasteiger partial charge in [0, 0.05) is 24.2 Å². The predicted molar refractivity (Wildman–Crippen MR) is 119 cm³/mol. The Kier molecular flexibility index (Phi) is 9.27. The minimum Gasteiger partial charge on any atom is -0.352 e. The van der Waals surface area contributed by atoms with Gasteiger partial charge in [0.2, 0.25) is 5.91 Å². The first kappa shape index (κ1) is 23.8. The number of carbonyl (C=O) groups is 2. The van der Waals surface area contributed by atoms with Gasteiger partial charge < -0.3 is 16.0 Å². The van der Waals surface area contributed by atoms with E-state index in [9.17, 15) is 14.0 Å². The molecule has 1 heterocycles. The van der Waals surface area contributed by atoms with Crippen LogP contribution >= 0.6 is 12.4 Å². The maximum Gasteiger partial charge on any atom is 0.255 e. The SMILES string of the molecule is CC(CC(=O)NCc1ccc(C(=O)Nc2ccc(F)cc2)cc1)C1CCNCC1.Cl. The number of amides is 2. The molecular weight excluding hydrogens is 405 g/mol. The van der Waals surface area contributed by atoms with E-state index in [1.54, 1.807) is 12.1 Å². The fourth-order valence-electron chi connectivity index (χ4n) is 3.66. The summed E-state index contributed by atoms with van der Waals surface area (Å²) in [5, 5.41) is 9.05. The highest BCUT2D eigenvalue weighted by Gasteiger charge is 2.21. The molecule has 1 atom stereocenters. The molecular formula is C23H29ClFN3O2. The van der Waals surface area contributed by atoms with E-state index in [2.05, 4.69) is 22.9 Å². The van der Waals surface area contributed by atoms with Crippen LogP contribution in [0.2, 0.25) is 0 Å². The summed E-state index contributed by atoms with van der Waals surface area (Å²) in [6.45, 7) is 4.68. The number of nitrogens with one attached hydrogen (secondary N) is 3.